The molecule has 9 heteroatoms. The summed E-state index contributed by atoms with van der Waals surface area (Å²) in [6.45, 7) is -1.06. The number of rotatable bonds is 3. The first-order valence-corrected chi connectivity index (χ1v) is 5.01. The van der Waals surface area contributed by atoms with E-state index in [4.69, 9.17) is 9.79 Å². The third-order valence-corrected chi connectivity index (χ3v) is 2.44. The molecule has 1 atom stereocenters. The summed E-state index contributed by atoms with van der Waals surface area (Å²) in [5.41, 5.74) is -1.88. The monoisotopic (exact) mass is 236 g/mol. The van der Waals surface area contributed by atoms with Crippen molar-refractivity contribution in [2.75, 3.05) is 6.61 Å². The second kappa shape index (κ2) is 4.29. The first-order chi connectivity index (χ1) is 6.04. The van der Waals surface area contributed by atoms with Crippen LogP contribution in [0, 0.1) is 0 Å². The molecule has 84 valence electrons. The number of carbonyl (C=O) groups excluding carboxylic acids is 1. The van der Waals surface area contributed by atoms with Crippen molar-refractivity contribution in [2.45, 2.75) is 18.8 Å². The Labute approximate surface area is 77.0 Å². The molecule has 0 saturated heterocycles. The van der Waals surface area contributed by atoms with Crippen LogP contribution in [0.1, 0.15) is 6.92 Å². The van der Waals surface area contributed by atoms with Crippen molar-refractivity contribution in [1.82, 2.24) is 0 Å². The zero-order valence-corrected chi connectivity index (χ0v) is 7.88. The highest BCUT2D eigenvalue weighted by Crippen LogP contribution is 2.41. The predicted octanol–water partition coefficient (Wildman–Crippen LogP) is 0.658. The second-order valence-electron chi connectivity index (χ2n) is 2.49. The lowest BCUT2D eigenvalue weighted by atomic mass is 10.5. The molecule has 1 unspecified atom stereocenters. The third kappa shape index (κ3) is 5.21. The Balaban J connectivity index is 4.18. The molecule has 0 saturated carbocycles. The Kier molecular flexibility index (Phi) is 4.11. The SMILES string of the molecule is CC(C(=O)OCC(F)(F)F)P(=O)(O)O. The van der Waals surface area contributed by atoms with Crippen LogP contribution >= 0.6 is 7.60 Å². The van der Waals surface area contributed by atoms with Crippen LogP contribution in [0.2, 0.25) is 0 Å². The van der Waals surface area contributed by atoms with Gasteiger partial charge in [0.25, 0.3) is 0 Å². The van der Waals surface area contributed by atoms with Crippen LogP contribution in [0.5, 0.6) is 0 Å². The highest BCUT2D eigenvalue weighted by Gasteiger charge is 2.36. The fourth-order valence-corrected chi connectivity index (χ4v) is 0.760. The van der Waals surface area contributed by atoms with Gasteiger partial charge in [0.05, 0.1) is 0 Å². The minimum atomic E-state index is -4.74. The molecule has 0 fully saturated rings. The first-order valence-electron chi connectivity index (χ1n) is 3.32. The molecular formula is C5H8F3O5P. The van der Waals surface area contributed by atoms with Crippen molar-refractivity contribution in [1.29, 1.82) is 0 Å². The van der Waals surface area contributed by atoms with Crippen molar-refractivity contribution in [2.24, 2.45) is 0 Å². The molecule has 0 aliphatic carbocycles. The Morgan fingerprint density at radius 2 is 1.93 bits per heavy atom. The van der Waals surface area contributed by atoms with Crippen LogP contribution in [0.3, 0.4) is 0 Å². The molecule has 0 aliphatic rings. The normalized spacial score (nSPS) is 15.0. The molecule has 0 aromatic carbocycles. The average molecular weight is 236 g/mol. The van der Waals surface area contributed by atoms with Crippen molar-refractivity contribution >= 4 is 13.6 Å². The molecule has 0 aromatic heterocycles. The Bertz CT molecular complexity index is 257. The van der Waals surface area contributed by atoms with Crippen LogP contribution in [0.25, 0.3) is 0 Å². The summed E-state index contributed by atoms with van der Waals surface area (Å²) in [6.07, 6.45) is -4.70. The fourth-order valence-electron chi connectivity index (χ4n) is 0.411. The maximum Gasteiger partial charge on any atom is 0.422 e. The highest BCUT2D eigenvalue weighted by atomic mass is 31.2. The van der Waals surface area contributed by atoms with E-state index in [1.807, 2.05) is 0 Å². The van der Waals surface area contributed by atoms with Gasteiger partial charge in [-0.2, -0.15) is 13.2 Å². The molecule has 0 bridgehead atoms. The quantitative estimate of drug-likeness (QED) is 0.555. The molecule has 14 heavy (non-hydrogen) atoms. The minimum absolute atomic E-state index is 0.791. The molecule has 0 heterocycles. The first kappa shape index (κ1) is 13.4. The standard InChI is InChI=1S/C5H8F3O5P/c1-3(14(10,11)12)4(9)13-2-5(6,7)8/h3H,2H2,1H3,(H2,10,11,12). The fraction of sp³-hybridized carbons (Fsp3) is 0.800. The van der Waals surface area contributed by atoms with E-state index >= 15 is 0 Å². The van der Waals surface area contributed by atoms with E-state index in [1.165, 1.54) is 0 Å². The number of carbonyl (C=O) groups is 1. The van der Waals surface area contributed by atoms with Gasteiger partial charge in [-0.25, -0.2) is 0 Å². The highest BCUT2D eigenvalue weighted by molar-refractivity contribution is 7.53. The summed E-state index contributed by atoms with van der Waals surface area (Å²) in [4.78, 5) is 27.5. The van der Waals surface area contributed by atoms with Gasteiger partial charge in [-0.05, 0) is 6.92 Å². The molecule has 0 spiro atoms. The van der Waals surface area contributed by atoms with Gasteiger partial charge in [0.2, 0.25) is 0 Å². The van der Waals surface area contributed by atoms with Crippen molar-refractivity contribution in [3.05, 3.63) is 0 Å². The van der Waals surface area contributed by atoms with Gasteiger partial charge >= 0.3 is 19.7 Å². The van der Waals surface area contributed by atoms with Gasteiger partial charge in [0.15, 0.2) is 12.3 Å². The summed E-state index contributed by atoms with van der Waals surface area (Å²) in [6, 6.07) is 0. The maximum absolute atomic E-state index is 11.5. The van der Waals surface area contributed by atoms with Crippen LogP contribution in [0.4, 0.5) is 13.2 Å². The number of hydrogen-bond acceptors (Lipinski definition) is 3. The molecule has 0 radical (unpaired) electrons. The van der Waals surface area contributed by atoms with E-state index in [-0.39, 0.29) is 0 Å². The molecular weight excluding hydrogens is 228 g/mol. The number of esters is 1. The lowest BCUT2D eigenvalue weighted by Crippen LogP contribution is -2.26. The Morgan fingerprint density at radius 1 is 1.50 bits per heavy atom. The van der Waals surface area contributed by atoms with Crippen LogP contribution in [0.15, 0.2) is 0 Å². The Morgan fingerprint density at radius 3 is 2.21 bits per heavy atom. The van der Waals surface area contributed by atoms with E-state index in [2.05, 4.69) is 4.74 Å². The topological polar surface area (TPSA) is 83.8 Å². The van der Waals surface area contributed by atoms with Crippen LogP contribution in [-0.2, 0) is 14.1 Å². The smallest absolute Gasteiger partial charge is 0.422 e. The van der Waals surface area contributed by atoms with Gasteiger partial charge in [-0.1, -0.05) is 0 Å². The van der Waals surface area contributed by atoms with Gasteiger partial charge in [0.1, 0.15) is 0 Å². The number of alkyl halides is 3. The second-order valence-corrected chi connectivity index (χ2v) is 4.44. The molecule has 0 aliphatic heterocycles. The number of halogens is 3. The zero-order chi connectivity index (χ0) is 11.6. The summed E-state index contributed by atoms with van der Waals surface area (Å²) in [5.74, 6) is -1.57. The van der Waals surface area contributed by atoms with Crippen molar-refractivity contribution in [3.63, 3.8) is 0 Å². The zero-order valence-electron chi connectivity index (χ0n) is 6.98. The van der Waals surface area contributed by atoms with E-state index in [9.17, 15) is 22.5 Å². The third-order valence-electron chi connectivity index (χ3n) is 1.22. The maximum atomic E-state index is 11.5. The molecule has 5 nitrogen and oxygen atoms in total. The minimum Gasteiger partial charge on any atom is -0.455 e. The van der Waals surface area contributed by atoms with E-state index in [0.717, 1.165) is 6.92 Å². The van der Waals surface area contributed by atoms with Crippen LogP contribution in [-0.4, -0.2) is 34.2 Å². The van der Waals surface area contributed by atoms with Gasteiger partial charge in [0, 0.05) is 0 Å². The lowest BCUT2D eigenvalue weighted by molar-refractivity contribution is -0.185. The Hall–Kier alpha value is -0.590. The summed E-state index contributed by atoms with van der Waals surface area (Å²) in [5, 5.41) is 0. The van der Waals surface area contributed by atoms with Crippen LogP contribution < -0.4 is 0 Å². The van der Waals surface area contributed by atoms with E-state index in [0.29, 0.717) is 0 Å². The largest absolute Gasteiger partial charge is 0.455 e. The van der Waals surface area contributed by atoms with Gasteiger partial charge < -0.3 is 14.5 Å². The van der Waals surface area contributed by atoms with Gasteiger partial charge in [-0.3, -0.25) is 9.36 Å². The molecule has 0 rings (SSSR count). The summed E-state index contributed by atoms with van der Waals surface area (Å²) < 4.78 is 48.6. The summed E-state index contributed by atoms with van der Waals surface area (Å²) in [7, 11) is -4.74. The lowest BCUT2D eigenvalue weighted by Gasteiger charge is -2.13. The molecule has 0 amide bonds. The number of hydrogen-bond donors (Lipinski definition) is 2. The molecule has 0 aromatic rings. The van der Waals surface area contributed by atoms with Gasteiger partial charge in [-0.15, -0.1) is 0 Å². The van der Waals surface area contributed by atoms with E-state index < -0.39 is 32.0 Å². The van der Waals surface area contributed by atoms with Crippen molar-refractivity contribution in [3.8, 4) is 0 Å². The van der Waals surface area contributed by atoms with Crippen molar-refractivity contribution < 1.29 is 37.1 Å². The average Bonchev–Trinajstić information content (AvgIpc) is 1.95. The summed E-state index contributed by atoms with van der Waals surface area (Å²) >= 11 is 0. The number of ether oxygens (including phenoxy) is 1. The molecule has 2 N–H and O–H groups in total. The predicted molar refractivity (Wildman–Crippen MR) is 38.5 cm³/mol. The van der Waals surface area contributed by atoms with E-state index in [1.54, 1.807) is 0 Å².